The molecule has 3 fully saturated rings. The van der Waals surface area contributed by atoms with Gasteiger partial charge in [0.15, 0.2) is 0 Å². The van der Waals surface area contributed by atoms with E-state index in [0.29, 0.717) is 29.4 Å². The summed E-state index contributed by atoms with van der Waals surface area (Å²) in [6, 6.07) is 11.4. The van der Waals surface area contributed by atoms with Crippen molar-refractivity contribution in [3.8, 4) is 10.4 Å². The van der Waals surface area contributed by atoms with E-state index in [1.54, 1.807) is 17.4 Å². The highest BCUT2D eigenvalue weighted by Gasteiger charge is 2.35. The molecule has 4 heterocycles. The largest absolute Gasteiger partial charge is 0.336 e. The molecule has 0 unspecified atom stereocenters. The molecule has 10 heteroatoms. The van der Waals surface area contributed by atoms with Crippen LogP contribution in [-0.4, -0.2) is 53.3 Å². The Labute approximate surface area is 242 Å². The van der Waals surface area contributed by atoms with Gasteiger partial charge in [-0.1, -0.05) is 37.8 Å². The summed E-state index contributed by atoms with van der Waals surface area (Å²) in [5.41, 5.74) is 1.89. The van der Waals surface area contributed by atoms with Gasteiger partial charge < -0.3 is 20.9 Å². The molecule has 3 amide bonds. The van der Waals surface area contributed by atoms with Crippen molar-refractivity contribution in [2.75, 3.05) is 30.3 Å². The fourth-order valence-electron chi connectivity index (χ4n) is 5.78. The van der Waals surface area contributed by atoms with Crippen LogP contribution in [0.15, 0.2) is 42.6 Å². The van der Waals surface area contributed by atoms with Crippen molar-refractivity contribution < 1.29 is 14.4 Å². The van der Waals surface area contributed by atoms with Gasteiger partial charge in [0.25, 0.3) is 5.91 Å². The number of benzene rings is 1. The van der Waals surface area contributed by atoms with Crippen molar-refractivity contribution in [2.45, 2.75) is 63.3 Å². The summed E-state index contributed by atoms with van der Waals surface area (Å²) in [6.45, 7) is 2.15. The first kappa shape index (κ1) is 27.1. The van der Waals surface area contributed by atoms with E-state index in [1.165, 1.54) is 37.0 Å². The molecule has 8 nitrogen and oxygen atoms in total. The number of thiazole rings is 1. The number of likely N-dealkylation sites (tertiary alicyclic amines) is 1. The molecule has 0 radical (unpaired) electrons. The molecule has 2 aliphatic heterocycles. The number of thiophene rings is 1. The summed E-state index contributed by atoms with van der Waals surface area (Å²) in [7, 11) is 0. The minimum Gasteiger partial charge on any atom is -0.336 e. The highest BCUT2D eigenvalue weighted by atomic mass is 32.1. The number of aromatic nitrogens is 1. The molecular weight excluding hydrogens is 542 g/mol. The number of carbonyl (C=O) groups excluding carboxylic acids is 3. The van der Waals surface area contributed by atoms with Crippen molar-refractivity contribution in [3.63, 3.8) is 0 Å². The van der Waals surface area contributed by atoms with Gasteiger partial charge in [0, 0.05) is 37.3 Å². The molecule has 3 aromatic rings. The van der Waals surface area contributed by atoms with Crippen molar-refractivity contribution in [1.82, 2.24) is 15.2 Å². The monoisotopic (exact) mass is 577 g/mol. The number of rotatable bonds is 9. The molecule has 40 heavy (non-hydrogen) atoms. The maximum absolute atomic E-state index is 13.0. The Bertz CT molecular complexity index is 1350. The maximum Gasteiger partial charge on any atom is 0.264 e. The minimum atomic E-state index is -0.143. The third-order valence-corrected chi connectivity index (χ3v) is 10.4. The third kappa shape index (κ3) is 6.29. The zero-order chi connectivity index (χ0) is 27.5. The van der Waals surface area contributed by atoms with E-state index in [4.69, 9.17) is 0 Å². The summed E-state index contributed by atoms with van der Waals surface area (Å²) in [5, 5.41) is 10.9. The zero-order valence-electron chi connectivity index (χ0n) is 22.5. The van der Waals surface area contributed by atoms with Crippen LogP contribution in [-0.2, 0) is 9.59 Å². The van der Waals surface area contributed by atoms with Crippen LogP contribution in [0, 0.1) is 5.92 Å². The molecule has 3 N–H and O–H groups in total. The lowest BCUT2D eigenvalue weighted by molar-refractivity contribution is -0.118. The summed E-state index contributed by atoms with van der Waals surface area (Å²) < 4.78 is 0. The van der Waals surface area contributed by atoms with E-state index in [1.807, 2.05) is 41.4 Å². The van der Waals surface area contributed by atoms with Crippen LogP contribution >= 0.6 is 22.7 Å². The van der Waals surface area contributed by atoms with Gasteiger partial charge in [0.05, 0.1) is 25.8 Å². The molecule has 2 saturated heterocycles. The number of hydrogen-bond acceptors (Lipinski definition) is 7. The van der Waals surface area contributed by atoms with Crippen LogP contribution in [0.25, 0.3) is 10.4 Å². The first-order chi connectivity index (χ1) is 19.5. The van der Waals surface area contributed by atoms with E-state index in [2.05, 4.69) is 20.9 Å². The molecule has 1 atom stereocenters. The van der Waals surface area contributed by atoms with Gasteiger partial charge in [-0.25, -0.2) is 4.98 Å². The van der Waals surface area contributed by atoms with Gasteiger partial charge in [-0.05, 0) is 61.6 Å². The second-order valence-electron chi connectivity index (χ2n) is 11.1. The van der Waals surface area contributed by atoms with Gasteiger partial charge in [-0.3, -0.25) is 14.4 Å². The lowest BCUT2D eigenvalue weighted by atomic mass is 10.0. The van der Waals surface area contributed by atoms with Crippen LogP contribution in [0.1, 0.15) is 72.0 Å². The summed E-state index contributed by atoms with van der Waals surface area (Å²) in [6.07, 6.45) is 10.5. The van der Waals surface area contributed by atoms with Gasteiger partial charge in [0.1, 0.15) is 0 Å². The number of anilines is 2. The number of nitrogens with one attached hydrogen (secondary N) is 3. The van der Waals surface area contributed by atoms with Crippen LogP contribution in [0.3, 0.4) is 0 Å². The molecule has 6 rings (SSSR count). The smallest absolute Gasteiger partial charge is 0.264 e. The third-order valence-electron chi connectivity index (χ3n) is 8.19. The SMILES string of the molecule is O=C(CCC1CCCC1)Nc1ccc(-c2cnc(C3CN(C(=O)c4ccc(NC(=O)[C@@H]5CCCN5)s4)C3)s2)cc1. The number of carbonyl (C=O) groups is 3. The number of nitrogens with zero attached hydrogens (tertiary/aromatic N) is 2. The topological polar surface area (TPSA) is 103 Å². The Morgan fingerprint density at radius 2 is 1.75 bits per heavy atom. The molecule has 2 aromatic heterocycles. The molecular formula is C30H35N5O3S2. The summed E-state index contributed by atoms with van der Waals surface area (Å²) in [4.78, 5) is 45.8. The van der Waals surface area contributed by atoms with E-state index < -0.39 is 0 Å². The molecule has 1 aliphatic carbocycles. The van der Waals surface area contributed by atoms with Gasteiger partial charge in [-0.2, -0.15) is 0 Å². The quantitative estimate of drug-likeness (QED) is 0.302. The van der Waals surface area contributed by atoms with Crippen LogP contribution < -0.4 is 16.0 Å². The van der Waals surface area contributed by atoms with Crippen LogP contribution in [0.4, 0.5) is 10.7 Å². The molecule has 0 bridgehead atoms. The van der Waals surface area contributed by atoms with Crippen molar-refractivity contribution >= 4 is 51.1 Å². The Balaban J connectivity index is 0.972. The Morgan fingerprint density at radius 1 is 0.950 bits per heavy atom. The molecule has 210 valence electrons. The summed E-state index contributed by atoms with van der Waals surface area (Å²) in [5.74, 6) is 1.01. The second kappa shape index (κ2) is 12.2. The fourth-order valence-corrected chi connectivity index (χ4v) is 7.66. The van der Waals surface area contributed by atoms with E-state index in [9.17, 15) is 14.4 Å². The highest BCUT2D eigenvalue weighted by Crippen LogP contribution is 2.36. The van der Waals surface area contributed by atoms with E-state index in [-0.39, 0.29) is 29.7 Å². The Kier molecular flexibility index (Phi) is 8.27. The maximum atomic E-state index is 13.0. The predicted molar refractivity (Wildman–Crippen MR) is 160 cm³/mol. The molecule has 3 aliphatic rings. The minimum absolute atomic E-state index is 0.00148. The lowest BCUT2D eigenvalue weighted by Gasteiger charge is -2.37. The van der Waals surface area contributed by atoms with Gasteiger partial charge in [-0.15, -0.1) is 22.7 Å². The van der Waals surface area contributed by atoms with Gasteiger partial charge in [0.2, 0.25) is 11.8 Å². The lowest BCUT2D eigenvalue weighted by Crippen LogP contribution is -2.48. The standard InChI is InChI=1S/C30H35N5O3S2/c36-26(13-7-19-4-1-2-5-19)33-22-10-8-20(9-11-22)25-16-32-29(40-25)21-17-35(18-21)30(38)24-12-14-27(39-24)34-28(37)23-6-3-15-31-23/h8-12,14,16,19,21,23,31H,1-7,13,15,17-18H2,(H,33,36)(H,34,37)/t23-/m0/s1. The van der Waals surface area contributed by atoms with Crippen molar-refractivity contribution in [1.29, 1.82) is 0 Å². The Hall–Kier alpha value is -3.08. The first-order valence-electron chi connectivity index (χ1n) is 14.3. The number of hydrogen-bond donors (Lipinski definition) is 3. The second-order valence-corrected chi connectivity index (χ2v) is 13.2. The Morgan fingerprint density at radius 3 is 2.50 bits per heavy atom. The van der Waals surface area contributed by atoms with Crippen LogP contribution in [0.5, 0.6) is 0 Å². The van der Waals surface area contributed by atoms with E-state index >= 15 is 0 Å². The number of amides is 3. The van der Waals surface area contributed by atoms with E-state index in [0.717, 1.165) is 52.9 Å². The fraction of sp³-hybridized carbons (Fsp3) is 0.467. The average molecular weight is 578 g/mol. The van der Waals surface area contributed by atoms with Crippen LogP contribution in [0.2, 0.25) is 0 Å². The van der Waals surface area contributed by atoms with Crippen molar-refractivity contribution in [3.05, 3.63) is 52.5 Å². The predicted octanol–water partition coefficient (Wildman–Crippen LogP) is 5.71. The highest BCUT2D eigenvalue weighted by molar-refractivity contribution is 7.18. The zero-order valence-corrected chi connectivity index (χ0v) is 24.1. The van der Waals surface area contributed by atoms with Gasteiger partial charge >= 0.3 is 0 Å². The first-order valence-corrected chi connectivity index (χ1v) is 15.9. The molecule has 1 saturated carbocycles. The summed E-state index contributed by atoms with van der Waals surface area (Å²) >= 11 is 2.98. The van der Waals surface area contributed by atoms with Crippen molar-refractivity contribution in [2.24, 2.45) is 5.92 Å². The molecule has 0 spiro atoms. The normalized spacial score (nSPS) is 19.5. The molecule has 1 aromatic carbocycles. The average Bonchev–Trinajstić information content (AvgIpc) is 3.74.